The molecule has 160 valence electrons. The topological polar surface area (TPSA) is 127 Å². The maximum absolute atomic E-state index is 12.4. The van der Waals surface area contributed by atoms with Crippen molar-refractivity contribution in [3.8, 4) is 0 Å². The van der Waals surface area contributed by atoms with Crippen LogP contribution in [0.5, 0.6) is 0 Å². The van der Waals surface area contributed by atoms with Crippen molar-refractivity contribution in [1.82, 2.24) is 20.2 Å². The number of carboxylic acid groups (broad SMARTS) is 1. The van der Waals surface area contributed by atoms with Crippen LogP contribution in [0.2, 0.25) is 0 Å². The van der Waals surface area contributed by atoms with Crippen molar-refractivity contribution >= 4 is 34.4 Å². The Morgan fingerprint density at radius 1 is 1.26 bits per heavy atom. The molecule has 0 aliphatic carbocycles. The van der Waals surface area contributed by atoms with Gasteiger partial charge in [0.1, 0.15) is 6.04 Å². The van der Waals surface area contributed by atoms with Crippen LogP contribution < -0.4 is 10.6 Å². The summed E-state index contributed by atoms with van der Waals surface area (Å²) in [7, 11) is 1.66. The third-order valence-corrected chi connectivity index (χ3v) is 5.23. The average molecular weight is 421 g/mol. The minimum atomic E-state index is -1.03. The average Bonchev–Trinajstić information content (AvgIpc) is 3.14. The maximum Gasteiger partial charge on any atom is 0.305 e. The number of fused-ring (bicyclic) bond motifs is 2. The van der Waals surface area contributed by atoms with Gasteiger partial charge in [-0.1, -0.05) is 24.3 Å². The molecule has 1 amide bonds. The van der Waals surface area contributed by atoms with E-state index in [1.54, 1.807) is 7.05 Å². The Labute approximate surface area is 178 Å². The van der Waals surface area contributed by atoms with Crippen LogP contribution in [0.3, 0.4) is 0 Å². The van der Waals surface area contributed by atoms with Crippen molar-refractivity contribution in [2.45, 2.75) is 25.6 Å². The number of imidazole rings is 1. The second-order valence-electron chi connectivity index (χ2n) is 7.61. The zero-order valence-corrected chi connectivity index (χ0v) is 17.0. The summed E-state index contributed by atoms with van der Waals surface area (Å²) >= 11 is 0. The molecule has 1 atom stereocenters. The van der Waals surface area contributed by atoms with Crippen LogP contribution in [-0.2, 0) is 22.7 Å². The normalized spacial score (nSPS) is 16.0. The second kappa shape index (κ2) is 8.57. The monoisotopic (exact) mass is 421 g/mol. The molecule has 1 aromatic heterocycles. The van der Waals surface area contributed by atoms with Gasteiger partial charge in [-0.2, -0.15) is 0 Å². The highest BCUT2D eigenvalue weighted by Gasteiger charge is 2.28. The number of carbonyl (C=O) groups is 3. The van der Waals surface area contributed by atoms with Crippen LogP contribution in [0.4, 0.5) is 5.69 Å². The molecule has 0 saturated heterocycles. The predicted molar refractivity (Wildman–Crippen MR) is 115 cm³/mol. The second-order valence-corrected chi connectivity index (χ2v) is 7.61. The van der Waals surface area contributed by atoms with Crippen LogP contribution in [0.1, 0.15) is 28.2 Å². The number of H-pyrrole nitrogens is 1. The van der Waals surface area contributed by atoms with E-state index in [4.69, 9.17) is 5.11 Å². The summed E-state index contributed by atoms with van der Waals surface area (Å²) in [5.41, 5.74) is 4.17. The van der Waals surface area contributed by atoms with Crippen LogP contribution in [0, 0.1) is 0 Å². The van der Waals surface area contributed by atoms with Gasteiger partial charge in [0.25, 0.3) is 0 Å². The Hall–Kier alpha value is -3.72. The molecule has 0 bridgehead atoms. The van der Waals surface area contributed by atoms with Gasteiger partial charge in [-0.15, -0.1) is 0 Å². The summed E-state index contributed by atoms with van der Waals surface area (Å²) in [6.07, 6.45) is -0.282. The van der Waals surface area contributed by atoms with E-state index in [0.29, 0.717) is 18.9 Å². The summed E-state index contributed by atoms with van der Waals surface area (Å²) in [6.45, 7) is 0.979. The first kappa shape index (κ1) is 20.5. The van der Waals surface area contributed by atoms with Gasteiger partial charge in [-0.05, 0) is 29.3 Å². The number of hydrogen-bond donors (Lipinski definition) is 4. The fourth-order valence-corrected chi connectivity index (χ4v) is 3.68. The lowest BCUT2D eigenvalue weighted by Crippen LogP contribution is -2.39. The molecule has 0 spiro atoms. The first-order chi connectivity index (χ1) is 14.9. The van der Waals surface area contributed by atoms with Crippen LogP contribution in [0.25, 0.3) is 11.0 Å². The Bertz CT molecular complexity index is 1120. The molecule has 2 aromatic carbocycles. The first-order valence-electron chi connectivity index (χ1n) is 9.94. The molecule has 1 aliphatic rings. The highest BCUT2D eigenvalue weighted by molar-refractivity contribution is 5.97. The van der Waals surface area contributed by atoms with E-state index in [2.05, 4.69) is 20.6 Å². The Morgan fingerprint density at radius 2 is 2.06 bits per heavy atom. The minimum Gasteiger partial charge on any atom is -0.481 e. The number of nitrogens with one attached hydrogen (secondary N) is 3. The fourth-order valence-electron chi connectivity index (χ4n) is 3.68. The van der Waals surface area contributed by atoms with E-state index in [-0.39, 0.29) is 24.7 Å². The zero-order valence-electron chi connectivity index (χ0n) is 17.0. The molecule has 3 aromatic rings. The number of anilines is 1. The molecule has 9 nitrogen and oxygen atoms in total. The molecule has 4 N–H and O–H groups in total. The molecule has 1 unspecified atom stereocenters. The van der Waals surface area contributed by atoms with Crippen molar-refractivity contribution in [3.05, 3.63) is 59.4 Å². The lowest BCUT2D eigenvalue weighted by molar-refractivity contribution is -0.141. The maximum atomic E-state index is 12.4. The van der Waals surface area contributed by atoms with Gasteiger partial charge < -0.3 is 25.6 Å². The van der Waals surface area contributed by atoms with Crippen molar-refractivity contribution in [2.75, 3.05) is 18.9 Å². The van der Waals surface area contributed by atoms with E-state index in [0.717, 1.165) is 27.8 Å². The van der Waals surface area contributed by atoms with Gasteiger partial charge in [0.05, 0.1) is 24.0 Å². The summed E-state index contributed by atoms with van der Waals surface area (Å²) in [6, 6.07) is 12.4. The number of hydrogen-bond acceptors (Lipinski definition) is 6. The van der Waals surface area contributed by atoms with E-state index in [1.165, 1.54) is 4.90 Å². The third kappa shape index (κ3) is 4.56. The molecule has 0 fully saturated rings. The smallest absolute Gasteiger partial charge is 0.305 e. The molecule has 4 rings (SSSR count). The molecule has 9 heteroatoms. The summed E-state index contributed by atoms with van der Waals surface area (Å²) < 4.78 is 0. The number of likely N-dealkylation sites (N-methyl/N-ethyl adjacent to an activating group) is 1. The number of rotatable bonds is 7. The Balaban J connectivity index is 1.40. The first-order valence-corrected chi connectivity index (χ1v) is 9.94. The van der Waals surface area contributed by atoms with Crippen LogP contribution >= 0.6 is 0 Å². The number of carboxylic acids is 1. The number of amides is 1. The predicted octanol–water partition coefficient (Wildman–Crippen LogP) is 1.76. The number of ketones is 1. The van der Waals surface area contributed by atoms with Crippen molar-refractivity contribution in [1.29, 1.82) is 0 Å². The summed E-state index contributed by atoms with van der Waals surface area (Å²) in [4.78, 5) is 44.8. The molecule has 2 heterocycles. The minimum absolute atomic E-state index is 0.130. The highest BCUT2D eigenvalue weighted by atomic mass is 16.4. The van der Waals surface area contributed by atoms with Gasteiger partial charge >= 0.3 is 5.97 Å². The van der Waals surface area contributed by atoms with Crippen molar-refractivity contribution in [3.63, 3.8) is 0 Å². The van der Waals surface area contributed by atoms with Crippen molar-refractivity contribution < 1.29 is 19.5 Å². The molecule has 1 aliphatic heterocycles. The van der Waals surface area contributed by atoms with Crippen LogP contribution in [-0.4, -0.2) is 57.3 Å². The quantitative estimate of drug-likeness (QED) is 0.428. The van der Waals surface area contributed by atoms with E-state index in [1.807, 2.05) is 42.5 Å². The Kier molecular flexibility index (Phi) is 5.68. The number of aromatic amines is 1. The van der Waals surface area contributed by atoms with Gasteiger partial charge in [0.2, 0.25) is 11.7 Å². The number of para-hydroxylation sites is 2. The number of aromatic nitrogens is 2. The van der Waals surface area contributed by atoms with Gasteiger partial charge in [-0.3, -0.25) is 14.4 Å². The molecular weight excluding hydrogens is 398 g/mol. The summed E-state index contributed by atoms with van der Waals surface area (Å²) in [5, 5.41) is 15.2. The number of Topliss-reactive ketones (excluding diaryl/α,β-unsaturated/α-hetero) is 1. The summed E-state index contributed by atoms with van der Waals surface area (Å²) in [5.74, 6) is -1.09. The molecular formula is C22H23N5O4. The number of nitrogens with zero attached hydrogens (tertiary/aromatic N) is 2. The lowest BCUT2D eigenvalue weighted by Gasteiger charge is -2.19. The number of benzene rings is 2. The van der Waals surface area contributed by atoms with Gasteiger partial charge in [0, 0.05) is 25.8 Å². The molecule has 0 saturated carbocycles. The standard InChI is InChI=1S/C22H23N5O4/c1-27-12-14-8-13(6-7-15(14)24-18(22(27)31)9-20(29)30)10-23-11-19(28)21-25-16-4-2-3-5-17(16)26-21/h2-8,18,23-24H,9-12H2,1H3,(H,25,26)(H,29,30). The third-order valence-electron chi connectivity index (χ3n) is 5.23. The van der Waals surface area contributed by atoms with Crippen LogP contribution in [0.15, 0.2) is 42.5 Å². The zero-order chi connectivity index (χ0) is 22.0. The highest BCUT2D eigenvalue weighted by Crippen LogP contribution is 2.24. The van der Waals surface area contributed by atoms with E-state index in [9.17, 15) is 14.4 Å². The lowest BCUT2D eigenvalue weighted by atomic mass is 10.1. The van der Waals surface area contributed by atoms with Gasteiger partial charge in [-0.25, -0.2) is 4.98 Å². The number of aliphatic carboxylic acids is 1. The van der Waals surface area contributed by atoms with Gasteiger partial charge in [0.15, 0.2) is 5.82 Å². The Morgan fingerprint density at radius 3 is 2.84 bits per heavy atom. The fraction of sp³-hybridized carbons (Fsp3) is 0.273. The number of carbonyl (C=O) groups excluding carboxylic acids is 2. The van der Waals surface area contributed by atoms with E-state index >= 15 is 0 Å². The molecule has 0 radical (unpaired) electrons. The van der Waals surface area contributed by atoms with Crippen molar-refractivity contribution in [2.24, 2.45) is 0 Å². The van der Waals surface area contributed by atoms with E-state index < -0.39 is 12.0 Å². The molecule has 31 heavy (non-hydrogen) atoms. The SMILES string of the molecule is CN1Cc2cc(CNCC(=O)c3nc4ccccc4[nH]3)ccc2NC(CC(=O)O)C1=O. The largest absolute Gasteiger partial charge is 0.481 e.